The number of fused-ring (bicyclic) bond motifs is 1. The summed E-state index contributed by atoms with van der Waals surface area (Å²) >= 11 is 0.250. The highest BCUT2D eigenvalue weighted by Gasteiger charge is 2.59. The van der Waals surface area contributed by atoms with Gasteiger partial charge in [0.25, 0.3) is 0 Å². The van der Waals surface area contributed by atoms with Crippen LogP contribution in [0.25, 0.3) is 11.3 Å². The van der Waals surface area contributed by atoms with Crippen LogP contribution in [0.15, 0.2) is 60.8 Å². The Kier molecular flexibility index (Phi) is 19.8. The van der Waals surface area contributed by atoms with Crippen molar-refractivity contribution in [2.24, 2.45) is 17.8 Å². The number of nitrogens with two attached hydrogens (primary N) is 1. The zero-order valence-electron chi connectivity index (χ0n) is 41.8. The molecule has 0 saturated carbocycles. The fourth-order valence-electron chi connectivity index (χ4n) is 10.4. The summed E-state index contributed by atoms with van der Waals surface area (Å²) in [7, 11) is 5.42. The van der Waals surface area contributed by atoms with Crippen LogP contribution in [0.1, 0.15) is 86.1 Å². The number of rotatable bonds is 13. The number of hydrogen-bond acceptors (Lipinski definition) is 15. The zero-order chi connectivity index (χ0) is 49.9. The van der Waals surface area contributed by atoms with Gasteiger partial charge in [-0.25, -0.2) is 4.79 Å². The third-order valence-electron chi connectivity index (χ3n) is 13.9. The monoisotopic (exact) mass is 970 g/mol. The van der Waals surface area contributed by atoms with E-state index in [1.54, 1.807) is 23.6 Å². The number of amides is 1. The lowest BCUT2D eigenvalue weighted by atomic mass is 9.77. The summed E-state index contributed by atoms with van der Waals surface area (Å²) in [6.07, 6.45) is 1.40. The second kappa shape index (κ2) is 24.6. The van der Waals surface area contributed by atoms with E-state index < -0.39 is 71.5 Å². The topological polar surface area (TPSA) is 193 Å². The average Bonchev–Trinajstić information content (AvgIpc) is 3.89. The number of nitrogen functional groups attached to an aromatic ring is 1. The van der Waals surface area contributed by atoms with Crippen molar-refractivity contribution < 1.29 is 47.1 Å². The first-order valence-electron chi connectivity index (χ1n) is 23.9. The largest absolute Gasteiger partial charge is 0.457 e. The number of benzene rings is 2. The number of hydrogen-bond donors (Lipinski definition) is 3. The quantitative estimate of drug-likeness (QED) is 0.0706. The molecule has 0 spiro atoms. The molecule has 13 atom stereocenters. The molecule has 16 nitrogen and oxygen atoms in total. The lowest BCUT2D eigenvalue weighted by Crippen LogP contribution is -2.61. The molecule has 4 N–H and O–H groups in total. The van der Waals surface area contributed by atoms with Gasteiger partial charge >= 0.3 is 12.1 Å². The number of anilines is 1. The molecule has 3 aliphatic rings. The van der Waals surface area contributed by atoms with Crippen molar-refractivity contribution in [2.45, 2.75) is 154 Å². The van der Waals surface area contributed by atoms with Crippen molar-refractivity contribution in [1.82, 2.24) is 30.1 Å². The van der Waals surface area contributed by atoms with Crippen LogP contribution in [0.4, 0.5) is 14.4 Å². The summed E-state index contributed by atoms with van der Waals surface area (Å²) in [5.41, 5.74) is 6.66. The van der Waals surface area contributed by atoms with Gasteiger partial charge in [0.05, 0.1) is 30.0 Å². The van der Waals surface area contributed by atoms with Crippen molar-refractivity contribution in [1.29, 1.82) is 0 Å². The average molecular weight is 970 g/mol. The molecule has 0 aliphatic carbocycles. The summed E-state index contributed by atoms with van der Waals surface area (Å²) in [5, 5.41) is 24.0. The fraction of sp³-hybridized carbons (Fsp3) is 0.660. The van der Waals surface area contributed by atoms with Crippen LogP contribution in [0.5, 0.6) is 0 Å². The summed E-state index contributed by atoms with van der Waals surface area (Å²) < 4.78 is 44.3. The normalized spacial score (nSPS) is 32.9. The number of carbonyl (C=O) groups is 3. The molecular formula is C50H76FN7O9S. The molecule has 6 rings (SSSR count). The van der Waals surface area contributed by atoms with Gasteiger partial charge in [0, 0.05) is 67.9 Å². The van der Waals surface area contributed by atoms with E-state index in [2.05, 4.69) is 22.6 Å². The Balaban J connectivity index is 0.00000280. The van der Waals surface area contributed by atoms with Gasteiger partial charge in [0.1, 0.15) is 23.8 Å². The molecule has 18 heteroatoms. The molecule has 0 radical (unpaired) electrons. The van der Waals surface area contributed by atoms with Crippen LogP contribution in [-0.2, 0) is 46.2 Å². The van der Waals surface area contributed by atoms with Gasteiger partial charge in [-0.05, 0) is 110 Å². The fourth-order valence-corrected chi connectivity index (χ4v) is 10.4. The molecule has 1 aromatic heterocycles. The molecule has 68 heavy (non-hydrogen) atoms. The first-order valence-corrected chi connectivity index (χ1v) is 25.1. The third kappa shape index (κ3) is 13.2. The van der Waals surface area contributed by atoms with Gasteiger partial charge in [0.2, 0.25) is 0 Å². The first kappa shape index (κ1) is 54.8. The second-order valence-electron chi connectivity index (χ2n) is 19.5. The number of carbonyl (C=O) groups excluding carboxylic acids is 3. The maximum absolute atomic E-state index is 15.2. The van der Waals surface area contributed by atoms with E-state index in [9.17, 15) is 18.6 Å². The number of nitrogens with zero attached hydrogens (tertiary/aromatic N) is 5. The lowest BCUT2D eigenvalue weighted by Gasteiger charge is -2.46. The van der Waals surface area contributed by atoms with E-state index >= 15 is 4.79 Å². The van der Waals surface area contributed by atoms with E-state index in [0.29, 0.717) is 57.4 Å². The molecule has 2 unspecified atom stereocenters. The molecule has 3 saturated heterocycles. The maximum Gasteiger partial charge on any atom is 0.410 e. The van der Waals surface area contributed by atoms with Crippen molar-refractivity contribution >= 4 is 35.7 Å². The summed E-state index contributed by atoms with van der Waals surface area (Å²) in [4.78, 5) is 47.8. The van der Waals surface area contributed by atoms with Crippen molar-refractivity contribution in [3.63, 3.8) is 0 Å². The summed E-state index contributed by atoms with van der Waals surface area (Å²) in [6, 6.07) is 15.8. The number of aliphatic hydroxyl groups is 1. The Hall–Kier alpha value is -4.17. The molecule has 1 amide bonds. The van der Waals surface area contributed by atoms with Gasteiger partial charge in [-0.1, -0.05) is 68.4 Å². The number of aryl methyl sites for hydroxylation is 1. The Morgan fingerprint density at radius 1 is 1.04 bits per heavy atom. The minimum atomic E-state index is -1.28. The van der Waals surface area contributed by atoms with Crippen LogP contribution in [0.2, 0.25) is 0 Å². The summed E-state index contributed by atoms with van der Waals surface area (Å²) in [5.74, 6) is -3.30. The standard InChI is InChI=1S/C49H73N7O9.CH3FS/c1-11-40-49(7)43(56(47(60)65-49)23-16-15-22-55-29-38(52-53-55)35-20-17-21-36(50)26-35)33(5)51-28-30(2)27-48(6,61-10)44(64-46-42(58)39(54(8)9)24-31(3)62-46)32(4)41(57)37(45(59)63-40)25-34-18-13-12-14-19-34;1-3-2/h12-14,17-21,26,29-33,37,39-40,42-44,46,51,58H,11,15-16,22-25,27-28,50H2,1-10H3;1H3/t30-,31-,32+,33-,37-,39?,40-,42?,43-,44-,46+,48-,49-;/m1./s1. The number of cyclic esters (lactones) is 1. The minimum Gasteiger partial charge on any atom is -0.457 e. The molecular weight excluding hydrogens is 894 g/mol. The zero-order valence-corrected chi connectivity index (χ0v) is 42.6. The predicted molar refractivity (Wildman–Crippen MR) is 261 cm³/mol. The summed E-state index contributed by atoms with van der Waals surface area (Å²) in [6.45, 7) is 15.0. The highest BCUT2D eigenvalue weighted by Crippen LogP contribution is 2.40. The number of ketones is 1. The van der Waals surface area contributed by atoms with E-state index in [1.165, 1.54) is 6.26 Å². The number of nitrogens with one attached hydrogen (secondary N) is 1. The predicted octanol–water partition coefficient (Wildman–Crippen LogP) is 6.74. The number of halogens is 1. The third-order valence-corrected chi connectivity index (χ3v) is 13.9. The number of methoxy groups -OCH3 is 1. The molecule has 0 bridgehead atoms. The van der Waals surface area contributed by atoms with Crippen LogP contribution in [-0.4, -0.2) is 148 Å². The van der Waals surface area contributed by atoms with Gasteiger partial charge in [-0.3, -0.25) is 19.2 Å². The van der Waals surface area contributed by atoms with E-state index in [1.807, 2.05) is 114 Å². The Bertz CT molecular complexity index is 2090. The van der Waals surface area contributed by atoms with E-state index in [0.717, 1.165) is 16.8 Å². The Labute approximate surface area is 406 Å². The molecule has 3 aliphatic heterocycles. The molecule has 3 fully saturated rings. The minimum absolute atomic E-state index is 0.0378. The number of aliphatic hydroxyl groups excluding tert-OH is 1. The van der Waals surface area contributed by atoms with Crippen molar-refractivity contribution in [3.05, 3.63) is 66.4 Å². The number of likely N-dealkylation sites (N-methyl/N-ethyl adjacent to an activating group) is 1. The number of unbranched alkanes of at least 4 members (excludes halogenated alkanes) is 1. The Morgan fingerprint density at radius 2 is 1.74 bits per heavy atom. The first-order chi connectivity index (χ1) is 32.3. The highest BCUT2D eigenvalue weighted by atomic mass is 32.2. The number of ether oxygens (including phenoxy) is 5. The number of Topliss-reactive ketones (excluding diaryl/α,β-unsaturated/α-hetero) is 1. The number of aromatic nitrogens is 3. The molecule has 4 heterocycles. The maximum atomic E-state index is 15.2. The van der Waals surface area contributed by atoms with E-state index in [4.69, 9.17) is 29.4 Å². The number of esters is 1. The second-order valence-corrected chi connectivity index (χ2v) is 19.8. The van der Waals surface area contributed by atoms with Crippen LogP contribution in [0, 0.1) is 17.8 Å². The van der Waals surface area contributed by atoms with Crippen LogP contribution >= 0.6 is 12.1 Å². The van der Waals surface area contributed by atoms with Gasteiger partial charge in [0.15, 0.2) is 17.7 Å². The molecule has 378 valence electrons. The molecule has 3 aromatic rings. The van der Waals surface area contributed by atoms with Gasteiger partial charge in [-0.15, -0.1) is 5.10 Å². The smallest absolute Gasteiger partial charge is 0.410 e. The van der Waals surface area contributed by atoms with Crippen molar-refractivity contribution in [2.75, 3.05) is 46.3 Å². The van der Waals surface area contributed by atoms with Gasteiger partial charge in [-0.2, -0.15) is 3.89 Å². The van der Waals surface area contributed by atoms with E-state index in [-0.39, 0.29) is 42.7 Å². The van der Waals surface area contributed by atoms with Gasteiger partial charge < -0.3 is 44.7 Å². The Morgan fingerprint density at radius 3 is 2.38 bits per heavy atom. The lowest BCUT2D eigenvalue weighted by molar-refractivity contribution is -0.295. The molecule has 2 aromatic carbocycles. The van der Waals surface area contributed by atoms with Crippen LogP contribution < -0.4 is 11.1 Å². The van der Waals surface area contributed by atoms with Crippen molar-refractivity contribution in [3.8, 4) is 11.3 Å². The highest BCUT2D eigenvalue weighted by molar-refractivity contribution is 7.93. The SMILES string of the molecule is CC[C@H]1OC(=O)[C@H](Cc2ccccc2)C(=O)[C@H](C)[C@@H](O[C@@H]2O[C@H](C)CC(N(C)C)C2O)[C@](C)(OC)C[C@@H](C)CN[C@H](C)[C@H]2N(CCCCn3cc(-c4cccc(N)c4)nn3)C(=O)O[C@]12C.CSF. The van der Waals surface area contributed by atoms with Crippen LogP contribution in [0.3, 0.4) is 0 Å².